The van der Waals surface area contributed by atoms with Gasteiger partial charge in [0, 0.05) is 13.1 Å². The molecule has 19 heavy (non-hydrogen) atoms. The summed E-state index contributed by atoms with van der Waals surface area (Å²) in [5.74, 6) is -0.889. The number of carboxylic acid groups (broad SMARTS) is 1. The van der Waals surface area contributed by atoms with Crippen LogP contribution in [0, 0.1) is 0 Å². The minimum absolute atomic E-state index is 0.235. The van der Waals surface area contributed by atoms with Crippen LogP contribution in [-0.4, -0.2) is 40.7 Å². The molecule has 5 N–H and O–H groups in total. The summed E-state index contributed by atoms with van der Waals surface area (Å²) >= 11 is 0. The van der Waals surface area contributed by atoms with Crippen molar-refractivity contribution in [2.75, 3.05) is 13.6 Å². The number of nitrogens with one attached hydrogen (secondary N) is 4. The minimum atomic E-state index is -0.889. The van der Waals surface area contributed by atoms with Crippen LogP contribution < -0.4 is 16.3 Å². The van der Waals surface area contributed by atoms with Gasteiger partial charge >= 0.3 is 11.7 Å². The highest BCUT2D eigenvalue weighted by Gasteiger charge is 2.13. The predicted molar refractivity (Wildman–Crippen MR) is 71.1 cm³/mol. The van der Waals surface area contributed by atoms with Crippen molar-refractivity contribution in [1.29, 1.82) is 0 Å². The molecule has 0 spiro atoms. The number of benzene rings is 1. The van der Waals surface area contributed by atoms with Crippen LogP contribution in [0.3, 0.4) is 0 Å². The third-order valence-electron chi connectivity index (χ3n) is 2.90. The molecule has 0 aliphatic heterocycles. The van der Waals surface area contributed by atoms with Crippen LogP contribution in [0.25, 0.3) is 11.0 Å². The van der Waals surface area contributed by atoms with Gasteiger partial charge in [-0.3, -0.25) is 4.79 Å². The molecule has 1 atom stereocenters. The third kappa shape index (κ3) is 3.21. The molecule has 0 saturated carbocycles. The molecule has 1 aromatic carbocycles. The Morgan fingerprint density at radius 3 is 2.79 bits per heavy atom. The number of hydrogen-bond donors (Lipinski definition) is 5. The van der Waals surface area contributed by atoms with Crippen molar-refractivity contribution in [1.82, 2.24) is 20.6 Å². The standard InChI is InChI=1S/C12H16N4O3/c1-13-10(11(17)18)6-14-5-7-2-3-8-9(4-7)16-12(19)15-8/h2-4,10,13-14H,5-6H2,1H3,(H,17,18)(H2,15,16,19). The van der Waals surface area contributed by atoms with Crippen molar-refractivity contribution < 1.29 is 9.90 Å². The Morgan fingerprint density at radius 1 is 1.37 bits per heavy atom. The van der Waals surface area contributed by atoms with Crippen LogP contribution in [0.1, 0.15) is 5.56 Å². The first-order chi connectivity index (χ1) is 9.10. The van der Waals surface area contributed by atoms with E-state index in [-0.39, 0.29) is 5.69 Å². The number of carbonyl (C=O) groups is 1. The minimum Gasteiger partial charge on any atom is -0.480 e. The van der Waals surface area contributed by atoms with E-state index >= 15 is 0 Å². The number of aromatic amines is 2. The lowest BCUT2D eigenvalue weighted by Gasteiger charge is -2.12. The highest BCUT2D eigenvalue weighted by atomic mass is 16.4. The highest BCUT2D eigenvalue weighted by molar-refractivity contribution is 5.75. The molecule has 7 nitrogen and oxygen atoms in total. The second-order valence-corrected chi connectivity index (χ2v) is 4.27. The molecule has 2 rings (SSSR count). The van der Waals surface area contributed by atoms with Crippen molar-refractivity contribution in [2.45, 2.75) is 12.6 Å². The van der Waals surface area contributed by atoms with Crippen molar-refractivity contribution in [2.24, 2.45) is 0 Å². The van der Waals surface area contributed by atoms with Crippen LogP contribution in [0.5, 0.6) is 0 Å². The fraction of sp³-hybridized carbons (Fsp3) is 0.333. The smallest absolute Gasteiger partial charge is 0.323 e. The lowest BCUT2D eigenvalue weighted by atomic mass is 10.2. The van der Waals surface area contributed by atoms with Gasteiger partial charge in [-0.2, -0.15) is 0 Å². The highest BCUT2D eigenvalue weighted by Crippen LogP contribution is 2.09. The average Bonchev–Trinajstić information content (AvgIpc) is 2.73. The first-order valence-corrected chi connectivity index (χ1v) is 5.92. The zero-order valence-electron chi connectivity index (χ0n) is 10.5. The number of imidazole rings is 1. The second kappa shape index (κ2) is 5.68. The molecule has 0 fully saturated rings. The molecule has 0 aliphatic carbocycles. The number of aromatic nitrogens is 2. The predicted octanol–water partition coefficient (Wildman–Crippen LogP) is -0.382. The molecule has 0 aliphatic rings. The Bertz CT molecular complexity index is 631. The fourth-order valence-corrected chi connectivity index (χ4v) is 1.86. The first kappa shape index (κ1) is 13.3. The molecule has 0 saturated heterocycles. The quantitative estimate of drug-likeness (QED) is 0.488. The maximum atomic E-state index is 11.1. The third-order valence-corrected chi connectivity index (χ3v) is 2.90. The largest absolute Gasteiger partial charge is 0.480 e. The van der Waals surface area contributed by atoms with Crippen LogP contribution in [0.15, 0.2) is 23.0 Å². The number of aliphatic carboxylic acids is 1. The number of H-pyrrole nitrogens is 2. The van der Waals surface area contributed by atoms with Gasteiger partial charge in [0.15, 0.2) is 0 Å². The van der Waals surface area contributed by atoms with Gasteiger partial charge in [-0.1, -0.05) is 6.07 Å². The van der Waals surface area contributed by atoms with E-state index in [9.17, 15) is 9.59 Å². The summed E-state index contributed by atoms with van der Waals surface area (Å²) in [5, 5.41) is 14.6. The summed E-state index contributed by atoms with van der Waals surface area (Å²) < 4.78 is 0. The zero-order chi connectivity index (χ0) is 13.8. The molecule has 0 bridgehead atoms. The Labute approximate surface area is 109 Å². The average molecular weight is 264 g/mol. The van der Waals surface area contributed by atoms with Gasteiger partial charge in [0.1, 0.15) is 6.04 Å². The van der Waals surface area contributed by atoms with Gasteiger partial charge in [0.05, 0.1) is 11.0 Å². The monoisotopic (exact) mass is 264 g/mol. The van der Waals surface area contributed by atoms with Gasteiger partial charge in [0.2, 0.25) is 0 Å². The van der Waals surface area contributed by atoms with Crippen LogP contribution in [0.4, 0.5) is 0 Å². The molecular formula is C12H16N4O3. The number of hydrogen-bond acceptors (Lipinski definition) is 4. The molecule has 0 radical (unpaired) electrons. The van der Waals surface area contributed by atoms with E-state index in [1.165, 1.54) is 0 Å². The van der Waals surface area contributed by atoms with Crippen LogP contribution in [-0.2, 0) is 11.3 Å². The van der Waals surface area contributed by atoms with Gasteiger partial charge in [-0.25, -0.2) is 4.79 Å². The maximum absolute atomic E-state index is 11.1. The van der Waals surface area contributed by atoms with Crippen LogP contribution in [0.2, 0.25) is 0 Å². The normalized spacial score (nSPS) is 12.7. The fourth-order valence-electron chi connectivity index (χ4n) is 1.86. The summed E-state index contributed by atoms with van der Waals surface area (Å²) in [4.78, 5) is 27.3. The van der Waals surface area contributed by atoms with Crippen molar-refractivity contribution >= 4 is 17.0 Å². The van der Waals surface area contributed by atoms with E-state index in [4.69, 9.17) is 5.11 Å². The molecule has 1 unspecified atom stereocenters. The van der Waals surface area contributed by atoms with Crippen molar-refractivity contribution in [3.05, 3.63) is 34.2 Å². The van der Waals surface area contributed by atoms with Crippen molar-refractivity contribution in [3.8, 4) is 0 Å². The van der Waals surface area contributed by atoms with E-state index in [1.54, 1.807) is 7.05 Å². The van der Waals surface area contributed by atoms with E-state index in [0.29, 0.717) is 13.1 Å². The van der Waals surface area contributed by atoms with Gasteiger partial charge in [-0.15, -0.1) is 0 Å². The Balaban J connectivity index is 1.98. The zero-order valence-corrected chi connectivity index (χ0v) is 10.5. The van der Waals surface area contributed by atoms with Crippen LogP contribution >= 0.6 is 0 Å². The Hall–Kier alpha value is -2.12. The van der Waals surface area contributed by atoms with Gasteiger partial charge in [-0.05, 0) is 24.7 Å². The lowest BCUT2D eigenvalue weighted by molar-refractivity contribution is -0.139. The first-order valence-electron chi connectivity index (χ1n) is 5.92. The number of rotatable bonds is 6. The van der Waals surface area contributed by atoms with Crippen molar-refractivity contribution in [3.63, 3.8) is 0 Å². The Morgan fingerprint density at radius 2 is 2.11 bits per heavy atom. The molecule has 2 aromatic rings. The molecule has 102 valence electrons. The SMILES string of the molecule is CNC(CNCc1ccc2[nH]c(=O)[nH]c2c1)C(=O)O. The van der Waals surface area contributed by atoms with E-state index in [2.05, 4.69) is 20.6 Å². The second-order valence-electron chi connectivity index (χ2n) is 4.27. The molecule has 7 heteroatoms. The van der Waals surface area contributed by atoms with E-state index < -0.39 is 12.0 Å². The molecule has 1 heterocycles. The van der Waals surface area contributed by atoms with E-state index in [0.717, 1.165) is 16.6 Å². The summed E-state index contributed by atoms with van der Waals surface area (Å²) in [6.45, 7) is 0.863. The topological polar surface area (TPSA) is 110 Å². The molecular weight excluding hydrogens is 248 g/mol. The summed E-state index contributed by atoms with van der Waals surface area (Å²) in [5.41, 5.74) is 2.24. The number of fused-ring (bicyclic) bond motifs is 1. The van der Waals surface area contributed by atoms with Gasteiger partial charge in [0.25, 0.3) is 0 Å². The Kier molecular flexibility index (Phi) is 3.98. The molecule has 1 aromatic heterocycles. The lowest BCUT2D eigenvalue weighted by Crippen LogP contribution is -2.42. The maximum Gasteiger partial charge on any atom is 0.323 e. The van der Waals surface area contributed by atoms with Gasteiger partial charge < -0.3 is 25.7 Å². The number of likely N-dealkylation sites (N-methyl/N-ethyl adjacent to an activating group) is 1. The molecule has 0 amide bonds. The number of carboxylic acids is 1. The summed E-state index contributed by atoms with van der Waals surface area (Å²) in [6, 6.07) is 4.94. The summed E-state index contributed by atoms with van der Waals surface area (Å²) in [7, 11) is 1.61. The summed E-state index contributed by atoms with van der Waals surface area (Å²) in [6.07, 6.45) is 0. The van der Waals surface area contributed by atoms with E-state index in [1.807, 2.05) is 18.2 Å².